The van der Waals surface area contributed by atoms with E-state index >= 15 is 0 Å². The second-order valence-electron chi connectivity index (χ2n) is 5.67. The number of aromatic nitrogens is 3. The Morgan fingerprint density at radius 2 is 1.85 bits per heavy atom. The van der Waals surface area contributed by atoms with Crippen LogP contribution in [0.15, 0.2) is 35.7 Å². The van der Waals surface area contributed by atoms with Crippen LogP contribution >= 0.6 is 11.8 Å². The maximum atomic E-state index is 12.0. The minimum atomic E-state index is -0.350. The molecule has 1 aromatic carbocycles. The highest BCUT2D eigenvalue weighted by Gasteiger charge is 2.10. The van der Waals surface area contributed by atoms with E-state index in [9.17, 15) is 14.4 Å². The Balaban J connectivity index is 1.78. The number of rotatable bonds is 9. The van der Waals surface area contributed by atoms with Gasteiger partial charge in [0.1, 0.15) is 6.33 Å². The highest BCUT2D eigenvalue weighted by atomic mass is 32.2. The van der Waals surface area contributed by atoms with Crippen LogP contribution in [0.5, 0.6) is 0 Å². The fraction of sp³-hybridized carbons (Fsp3) is 0.353. The summed E-state index contributed by atoms with van der Waals surface area (Å²) in [5.74, 6) is -0.568. The van der Waals surface area contributed by atoms with Crippen LogP contribution in [0.4, 0.5) is 5.69 Å². The van der Waals surface area contributed by atoms with Gasteiger partial charge in [-0.3, -0.25) is 14.4 Å². The maximum Gasteiger partial charge on any atom is 0.251 e. The summed E-state index contributed by atoms with van der Waals surface area (Å²) in [6.07, 6.45) is 2.40. The highest BCUT2D eigenvalue weighted by molar-refractivity contribution is 7.99. The molecule has 10 heteroatoms. The van der Waals surface area contributed by atoms with Crippen molar-refractivity contribution in [3.05, 3.63) is 36.2 Å². The van der Waals surface area contributed by atoms with Gasteiger partial charge in [0.2, 0.25) is 11.8 Å². The average molecular weight is 390 g/mol. The molecular weight excluding hydrogens is 368 g/mol. The molecule has 2 aromatic rings. The smallest absolute Gasteiger partial charge is 0.251 e. The van der Waals surface area contributed by atoms with E-state index in [2.05, 4.69) is 26.1 Å². The van der Waals surface area contributed by atoms with Crippen molar-refractivity contribution in [2.24, 2.45) is 7.05 Å². The number of nitrogens with one attached hydrogen (secondary N) is 3. The lowest BCUT2D eigenvalue weighted by Gasteiger charge is -2.08. The zero-order valence-corrected chi connectivity index (χ0v) is 16.0. The van der Waals surface area contributed by atoms with Crippen LogP contribution in [-0.2, 0) is 16.6 Å². The number of nitrogens with zero attached hydrogens (tertiary/aromatic N) is 3. The van der Waals surface area contributed by atoms with Crippen molar-refractivity contribution in [2.75, 3.05) is 24.2 Å². The van der Waals surface area contributed by atoms with Gasteiger partial charge in [0.15, 0.2) is 5.16 Å². The van der Waals surface area contributed by atoms with Crippen molar-refractivity contribution in [3.63, 3.8) is 0 Å². The van der Waals surface area contributed by atoms with Gasteiger partial charge in [-0.15, -0.1) is 10.2 Å². The van der Waals surface area contributed by atoms with Crippen molar-refractivity contribution in [1.82, 2.24) is 25.4 Å². The number of amides is 3. The molecule has 0 spiro atoms. The van der Waals surface area contributed by atoms with E-state index in [0.717, 1.165) is 6.42 Å². The number of aryl methyl sites for hydroxylation is 1. The standard InChI is InChI=1S/C17H22N6O3S/c1-3-8-18-14(24)9-19-16(26)12-4-6-13(7-5-12)21-15(25)10-27-17-22-20-11-23(17)2/h4-7,11H,3,8-10H2,1-2H3,(H,18,24)(H,19,26)(H,21,25). The lowest BCUT2D eigenvalue weighted by Crippen LogP contribution is -2.37. The van der Waals surface area contributed by atoms with Crippen LogP contribution in [0.3, 0.4) is 0 Å². The lowest BCUT2D eigenvalue weighted by molar-refractivity contribution is -0.120. The largest absolute Gasteiger partial charge is 0.355 e. The normalized spacial score (nSPS) is 10.3. The molecule has 0 aliphatic carbocycles. The lowest BCUT2D eigenvalue weighted by atomic mass is 10.2. The van der Waals surface area contributed by atoms with E-state index in [1.54, 1.807) is 42.2 Å². The van der Waals surface area contributed by atoms with Crippen LogP contribution in [-0.4, -0.2) is 51.3 Å². The molecule has 27 heavy (non-hydrogen) atoms. The van der Waals surface area contributed by atoms with E-state index < -0.39 is 0 Å². The number of hydrogen-bond acceptors (Lipinski definition) is 6. The van der Waals surface area contributed by atoms with Gasteiger partial charge in [-0.25, -0.2) is 0 Å². The van der Waals surface area contributed by atoms with Gasteiger partial charge in [-0.1, -0.05) is 18.7 Å². The van der Waals surface area contributed by atoms with Gasteiger partial charge in [-0.05, 0) is 30.7 Å². The van der Waals surface area contributed by atoms with Crippen molar-refractivity contribution in [3.8, 4) is 0 Å². The minimum Gasteiger partial charge on any atom is -0.355 e. The Morgan fingerprint density at radius 3 is 2.48 bits per heavy atom. The Kier molecular flexibility index (Phi) is 7.80. The first-order chi connectivity index (χ1) is 13.0. The molecular formula is C17H22N6O3S. The molecule has 1 aromatic heterocycles. The topological polar surface area (TPSA) is 118 Å². The predicted octanol–water partition coefficient (Wildman–Crippen LogP) is 0.802. The molecule has 0 fully saturated rings. The molecule has 3 N–H and O–H groups in total. The van der Waals surface area contributed by atoms with Crippen LogP contribution in [0.2, 0.25) is 0 Å². The second-order valence-corrected chi connectivity index (χ2v) is 6.61. The first-order valence-electron chi connectivity index (χ1n) is 8.41. The first kappa shape index (κ1) is 20.4. The fourth-order valence-electron chi connectivity index (χ4n) is 2.02. The molecule has 2 rings (SSSR count). The molecule has 0 radical (unpaired) electrons. The molecule has 0 bridgehead atoms. The molecule has 9 nitrogen and oxygen atoms in total. The zero-order valence-electron chi connectivity index (χ0n) is 15.2. The molecule has 0 aliphatic rings. The molecule has 144 valence electrons. The van der Waals surface area contributed by atoms with E-state index in [4.69, 9.17) is 0 Å². The molecule has 0 saturated carbocycles. The Morgan fingerprint density at radius 1 is 1.11 bits per heavy atom. The van der Waals surface area contributed by atoms with Crippen LogP contribution in [0.25, 0.3) is 0 Å². The molecule has 3 amide bonds. The van der Waals surface area contributed by atoms with Gasteiger partial charge >= 0.3 is 0 Å². The third-order valence-electron chi connectivity index (χ3n) is 3.41. The predicted molar refractivity (Wildman–Crippen MR) is 102 cm³/mol. The van der Waals surface area contributed by atoms with E-state index in [1.807, 2.05) is 6.92 Å². The number of hydrogen-bond donors (Lipinski definition) is 3. The summed E-state index contributed by atoms with van der Waals surface area (Å²) in [6, 6.07) is 6.45. The molecule has 0 saturated heterocycles. The number of anilines is 1. The van der Waals surface area contributed by atoms with Gasteiger partial charge < -0.3 is 20.5 Å². The number of carbonyl (C=O) groups is 3. The summed E-state index contributed by atoms with van der Waals surface area (Å²) in [7, 11) is 1.80. The SMILES string of the molecule is CCCNC(=O)CNC(=O)c1ccc(NC(=O)CSc2nncn2C)cc1. The van der Waals surface area contributed by atoms with Crippen LogP contribution in [0.1, 0.15) is 23.7 Å². The Labute approximate surface area is 161 Å². The monoisotopic (exact) mass is 390 g/mol. The fourth-order valence-corrected chi connectivity index (χ4v) is 2.71. The second kappa shape index (κ2) is 10.3. The Hall–Kier alpha value is -2.88. The third kappa shape index (κ3) is 6.74. The number of carbonyl (C=O) groups excluding carboxylic acids is 3. The van der Waals surface area contributed by atoms with Crippen molar-refractivity contribution >= 4 is 35.2 Å². The summed E-state index contributed by atoms with van der Waals surface area (Å²) in [5, 5.41) is 16.3. The molecule has 0 aliphatic heterocycles. The van der Waals surface area contributed by atoms with E-state index in [-0.39, 0.29) is 30.0 Å². The van der Waals surface area contributed by atoms with Gasteiger partial charge in [0.05, 0.1) is 12.3 Å². The van der Waals surface area contributed by atoms with Crippen molar-refractivity contribution in [1.29, 1.82) is 0 Å². The summed E-state index contributed by atoms with van der Waals surface area (Å²) >= 11 is 1.28. The van der Waals surface area contributed by atoms with Gasteiger partial charge in [0.25, 0.3) is 5.91 Å². The summed E-state index contributed by atoms with van der Waals surface area (Å²) in [5.41, 5.74) is 0.987. The molecule has 0 unspecified atom stereocenters. The minimum absolute atomic E-state index is 0.0728. The van der Waals surface area contributed by atoms with Crippen LogP contribution < -0.4 is 16.0 Å². The van der Waals surface area contributed by atoms with Gasteiger partial charge in [0, 0.05) is 24.8 Å². The van der Waals surface area contributed by atoms with Crippen molar-refractivity contribution < 1.29 is 14.4 Å². The molecule has 1 heterocycles. The first-order valence-corrected chi connectivity index (χ1v) is 9.39. The third-order valence-corrected chi connectivity index (χ3v) is 4.45. The van der Waals surface area contributed by atoms with Crippen molar-refractivity contribution in [2.45, 2.75) is 18.5 Å². The summed E-state index contributed by atoms with van der Waals surface area (Å²) in [4.78, 5) is 35.5. The van der Waals surface area contributed by atoms with E-state index in [1.165, 1.54) is 11.8 Å². The van der Waals surface area contributed by atoms with E-state index in [0.29, 0.717) is 23.0 Å². The van der Waals surface area contributed by atoms with Gasteiger partial charge in [-0.2, -0.15) is 0 Å². The summed E-state index contributed by atoms with van der Waals surface area (Å²) < 4.78 is 1.73. The zero-order chi connectivity index (χ0) is 19.6. The van der Waals surface area contributed by atoms with Crippen LogP contribution in [0, 0.1) is 0 Å². The maximum absolute atomic E-state index is 12.0. The average Bonchev–Trinajstić information content (AvgIpc) is 3.08. The Bertz CT molecular complexity index is 790. The quantitative estimate of drug-likeness (QED) is 0.545. The molecule has 0 atom stereocenters. The number of thioether (sulfide) groups is 1. The highest BCUT2D eigenvalue weighted by Crippen LogP contribution is 2.15. The number of benzene rings is 1. The summed E-state index contributed by atoms with van der Waals surface area (Å²) in [6.45, 7) is 2.46.